The molecule has 0 amide bonds. The quantitative estimate of drug-likeness (QED) is 0.437. The summed E-state index contributed by atoms with van der Waals surface area (Å²) in [4.78, 5) is 13.3. The van der Waals surface area contributed by atoms with Gasteiger partial charge in [-0.2, -0.15) is 0 Å². The lowest BCUT2D eigenvalue weighted by molar-refractivity contribution is 0.195. The van der Waals surface area contributed by atoms with Crippen LogP contribution in [-0.4, -0.2) is 47.3 Å². The van der Waals surface area contributed by atoms with E-state index in [1.54, 1.807) is 13.3 Å². The molecule has 0 saturated heterocycles. The minimum Gasteiger partial charge on any atom is -0.385 e. The van der Waals surface area contributed by atoms with E-state index in [0.717, 1.165) is 49.3 Å². The fraction of sp³-hybridized carbons (Fsp3) is 0.471. The van der Waals surface area contributed by atoms with E-state index in [1.807, 2.05) is 36.0 Å². The number of aliphatic imine (C=N–C) groups is 1. The lowest BCUT2D eigenvalue weighted by atomic mass is 10.3. The monoisotopic (exact) mass is 330 g/mol. The van der Waals surface area contributed by atoms with Gasteiger partial charge in [-0.1, -0.05) is 6.07 Å². The van der Waals surface area contributed by atoms with E-state index in [4.69, 9.17) is 4.74 Å². The van der Waals surface area contributed by atoms with Crippen molar-refractivity contribution < 1.29 is 4.74 Å². The normalized spacial score (nSPS) is 11.5. The predicted molar refractivity (Wildman–Crippen MR) is 95.4 cm³/mol. The second-order valence-electron chi connectivity index (χ2n) is 5.34. The molecule has 7 heteroatoms. The molecule has 0 spiro atoms. The van der Waals surface area contributed by atoms with Gasteiger partial charge in [0.2, 0.25) is 0 Å². The molecular formula is C17H26N6O. The summed E-state index contributed by atoms with van der Waals surface area (Å²) in [6, 6.07) is 4.03. The summed E-state index contributed by atoms with van der Waals surface area (Å²) >= 11 is 0. The highest BCUT2D eigenvalue weighted by Crippen LogP contribution is 2.08. The van der Waals surface area contributed by atoms with Crippen molar-refractivity contribution in [3.63, 3.8) is 0 Å². The van der Waals surface area contributed by atoms with Crippen molar-refractivity contribution >= 4 is 5.96 Å². The van der Waals surface area contributed by atoms with Gasteiger partial charge in [0.25, 0.3) is 0 Å². The highest BCUT2D eigenvalue weighted by atomic mass is 16.5. The number of nitrogens with zero attached hydrogens (tertiary/aromatic N) is 4. The Morgan fingerprint density at radius 1 is 1.29 bits per heavy atom. The van der Waals surface area contributed by atoms with Crippen molar-refractivity contribution in [1.29, 1.82) is 0 Å². The Hall–Kier alpha value is -2.41. The summed E-state index contributed by atoms with van der Waals surface area (Å²) in [6.07, 6.45) is 6.48. The van der Waals surface area contributed by atoms with Gasteiger partial charge in [0, 0.05) is 45.4 Å². The largest absolute Gasteiger partial charge is 0.385 e. The van der Waals surface area contributed by atoms with Gasteiger partial charge in [-0.05, 0) is 31.9 Å². The van der Waals surface area contributed by atoms with E-state index in [2.05, 4.69) is 32.5 Å². The molecule has 0 aromatic carbocycles. The third kappa shape index (κ3) is 5.34. The van der Waals surface area contributed by atoms with Crippen molar-refractivity contribution in [3.8, 4) is 5.82 Å². The van der Waals surface area contributed by atoms with Crippen LogP contribution in [0.4, 0.5) is 0 Å². The number of aromatic nitrogens is 3. The Bertz CT molecular complexity index is 635. The fourth-order valence-corrected chi connectivity index (χ4v) is 2.21. The smallest absolute Gasteiger partial charge is 0.191 e. The molecule has 0 fully saturated rings. The van der Waals surface area contributed by atoms with Crippen LogP contribution in [0, 0.1) is 6.92 Å². The van der Waals surface area contributed by atoms with Gasteiger partial charge in [-0.25, -0.2) is 15.0 Å². The fourth-order valence-electron chi connectivity index (χ4n) is 2.21. The topological polar surface area (TPSA) is 76.4 Å². The first kappa shape index (κ1) is 17.9. The molecule has 24 heavy (non-hydrogen) atoms. The van der Waals surface area contributed by atoms with Crippen LogP contribution in [0.2, 0.25) is 0 Å². The molecule has 2 N–H and O–H groups in total. The van der Waals surface area contributed by atoms with Crippen molar-refractivity contribution in [2.75, 3.05) is 26.8 Å². The Labute approximate surface area is 143 Å². The molecular weight excluding hydrogens is 304 g/mol. The lowest BCUT2D eigenvalue weighted by Gasteiger charge is -2.11. The van der Waals surface area contributed by atoms with Crippen molar-refractivity contribution in [2.45, 2.75) is 26.8 Å². The third-order valence-corrected chi connectivity index (χ3v) is 3.46. The summed E-state index contributed by atoms with van der Waals surface area (Å²) in [5.41, 5.74) is 1.06. The summed E-state index contributed by atoms with van der Waals surface area (Å²) in [5, 5.41) is 6.53. The summed E-state index contributed by atoms with van der Waals surface area (Å²) in [5.74, 6) is 2.59. The van der Waals surface area contributed by atoms with Gasteiger partial charge in [-0.3, -0.25) is 4.57 Å². The molecule has 7 nitrogen and oxygen atoms in total. The van der Waals surface area contributed by atoms with Crippen molar-refractivity contribution in [3.05, 3.63) is 42.1 Å². The lowest BCUT2D eigenvalue weighted by Crippen LogP contribution is -2.38. The maximum absolute atomic E-state index is 5.05. The van der Waals surface area contributed by atoms with Crippen molar-refractivity contribution in [1.82, 2.24) is 25.2 Å². The minimum absolute atomic E-state index is 0.579. The molecule has 0 saturated carbocycles. The third-order valence-electron chi connectivity index (χ3n) is 3.46. The summed E-state index contributed by atoms with van der Waals surface area (Å²) < 4.78 is 7.00. The number of imidazole rings is 1. The maximum atomic E-state index is 5.05. The Balaban J connectivity index is 1.94. The maximum Gasteiger partial charge on any atom is 0.191 e. The van der Waals surface area contributed by atoms with Gasteiger partial charge in [0.05, 0.1) is 6.54 Å². The number of nitrogens with one attached hydrogen (secondary N) is 2. The number of pyridine rings is 1. The Morgan fingerprint density at radius 3 is 2.79 bits per heavy atom. The van der Waals surface area contributed by atoms with E-state index >= 15 is 0 Å². The van der Waals surface area contributed by atoms with Crippen molar-refractivity contribution in [2.24, 2.45) is 4.99 Å². The minimum atomic E-state index is 0.579. The SMILES string of the molecule is CCNC(=NCc1ccc(-n2ccnc2C)nc1)NCCCOC. The zero-order chi connectivity index (χ0) is 17.2. The van der Waals surface area contributed by atoms with E-state index in [0.29, 0.717) is 6.54 Å². The number of rotatable bonds is 8. The van der Waals surface area contributed by atoms with E-state index < -0.39 is 0 Å². The molecule has 0 bridgehead atoms. The molecule has 0 unspecified atom stereocenters. The van der Waals surface area contributed by atoms with Crippen LogP contribution in [-0.2, 0) is 11.3 Å². The van der Waals surface area contributed by atoms with Gasteiger partial charge >= 0.3 is 0 Å². The first-order chi connectivity index (χ1) is 11.7. The van der Waals surface area contributed by atoms with Crippen LogP contribution in [0.25, 0.3) is 5.82 Å². The van der Waals surface area contributed by atoms with E-state index in [1.165, 1.54) is 0 Å². The number of aryl methyl sites for hydroxylation is 1. The Morgan fingerprint density at radius 2 is 2.17 bits per heavy atom. The molecule has 0 aliphatic carbocycles. The highest BCUT2D eigenvalue weighted by Gasteiger charge is 2.02. The zero-order valence-corrected chi connectivity index (χ0v) is 14.6. The molecule has 2 aromatic rings. The molecule has 2 aromatic heterocycles. The van der Waals surface area contributed by atoms with Gasteiger partial charge in [0.15, 0.2) is 5.96 Å². The van der Waals surface area contributed by atoms with E-state index in [-0.39, 0.29) is 0 Å². The molecule has 0 atom stereocenters. The number of guanidine groups is 1. The van der Waals surface area contributed by atoms with Gasteiger partial charge < -0.3 is 15.4 Å². The second-order valence-corrected chi connectivity index (χ2v) is 5.34. The summed E-state index contributed by atoms with van der Waals surface area (Å²) in [7, 11) is 1.71. The van der Waals surface area contributed by atoms with E-state index in [9.17, 15) is 0 Å². The molecule has 0 aliphatic heterocycles. The predicted octanol–water partition coefficient (Wildman–Crippen LogP) is 1.67. The zero-order valence-electron chi connectivity index (χ0n) is 14.6. The number of hydrogen-bond donors (Lipinski definition) is 2. The van der Waals surface area contributed by atoms with Crippen LogP contribution < -0.4 is 10.6 Å². The summed E-state index contributed by atoms with van der Waals surface area (Å²) in [6.45, 7) is 6.99. The average Bonchev–Trinajstić information content (AvgIpc) is 3.03. The first-order valence-corrected chi connectivity index (χ1v) is 8.21. The number of hydrogen-bond acceptors (Lipinski definition) is 4. The second kappa shape index (κ2) is 9.67. The van der Waals surface area contributed by atoms with Crippen LogP contribution in [0.5, 0.6) is 0 Å². The van der Waals surface area contributed by atoms with Crippen LogP contribution in [0.15, 0.2) is 35.7 Å². The number of ether oxygens (including phenoxy) is 1. The van der Waals surface area contributed by atoms with Crippen LogP contribution >= 0.6 is 0 Å². The first-order valence-electron chi connectivity index (χ1n) is 8.21. The molecule has 130 valence electrons. The van der Waals surface area contributed by atoms with Crippen LogP contribution in [0.3, 0.4) is 0 Å². The van der Waals surface area contributed by atoms with Gasteiger partial charge in [-0.15, -0.1) is 0 Å². The van der Waals surface area contributed by atoms with Crippen LogP contribution in [0.1, 0.15) is 24.7 Å². The highest BCUT2D eigenvalue weighted by molar-refractivity contribution is 5.79. The molecule has 2 rings (SSSR count). The average molecular weight is 330 g/mol. The molecule has 0 radical (unpaired) electrons. The van der Waals surface area contributed by atoms with Gasteiger partial charge in [0.1, 0.15) is 11.6 Å². The number of methoxy groups -OCH3 is 1. The standard InChI is InChI=1S/C17H26N6O/c1-4-18-17(20-8-5-11-24-3)22-13-15-6-7-16(21-12-15)23-10-9-19-14(23)2/h6-7,9-10,12H,4-5,8,11,13H2,1-3H3,(H2,18,20,22). The molecule has 0 aliphatic rings. The Kier molecular flexibility index (Phi) is 7.22. The molecule has 2 heterocycles.